The molecule has 0 heterocycles. The molecule has 2 rings (SSSR count). The van der Waals surface area contributed by atoms with Gasteiger partial charge >= 0.3 is 5.97 Å². The monoisotopic (exact) mass is 492 g/mol. The molecule has 2 aromatic carbocycles. The number of azo groups is 1. The van der Waals surface area contributed by atoms with Crippen LogP contribution in [0.5, 0.6) is 5.75 Å². The maximum atomic E-state index is 11.6. The lowest BCUT2D eigenvalue weighted by atomic mass is 10.1. The average molecular weight is 493 g/mol. The largest absolute Gasteiger partial charge is 0.478 e. The predicted octanol–water partition coefficient (Wildman–Crippen LogP) is 10.1. The minimum atomic E-state index is -0.938. The van der Waals surface area contributed by atoms with Gasteiger partial charge in [-0.2, -0.15) is 10.2 Å². The summed E-state index contributed by atoms with van der Waals surface area (Å²) in [5.74, 6) is 0.204. The summed E-state index contributed by atoms with van der Waals surface area (Å²) >= 11 is 0. The minimum Gasteiger partial charge on any atom is -0.478 e. The van der Waals surface area contributed by atoms with Gasteiger partial charge in [0, 0.05) is 6.42 Å². The molecule has 0 aliphatic rings. The van der Waals surface area contributed by atoms with Crippen LogP contribution in [0, 0.1) is 0 Å². The SMILES string of the molecule is CCCCCCCCCCC/C(Oc1ccc(/N=N/c2ccc(CCCC)cc2)cc1)=C(/C)C(=O)O. The van der Waals surface area contributed by atoms with Crippen LogP contribution < -0.4 is 4.74 Å². The van der Waals surface area contributed by atoms with E-state index in [9.17, 15) is 9.90 Å². The van der Waals surface area contributed by atoms with Crippen LogP contribution in [0.1, 0.15) is 103 Å². The summed E-state index contributed by atoms with van der Waals surface area (Å²) in [5, 5.41) is 18.1. The standard InChI is InChI=1S/C31H44N2O3/c1-4-6-8-9-10-11-12-13-14-16-30(25(3)31(34)35)36-29-23-21-28(22-24-29)33-32-27-19-17-26(18-20-27)15-7-5-2/h17-24H,4-16H2,1-3H3,(H,34,35)/b30-25+,33-32+. The number of unbranched alkanes of at least 4 members (excludes halogenated alkanes) is 9. The van der Waals surface area contributed by atoms with Crippen molar-refractivity contribution in [1.29, 1.82) is 0 Å². The van der Waals surface area contributed by atoms with Crippen molar-refractivity contribution in [2.75, 3.05) is 0 Å². The highest BCUT2D eigenvalue weighted by molar-refractivity contribution is 5.86. The first-order chi connectivity index (χ1) is 17.5. The predicted molar refractivity (Wildman–Crippen MR) is 148 cm³/mol. The zero-order valence-electron chi connectivity index (χ0n) is 22.5. The van der Waals surface area contributed by atoms with Crippen LogP contribution in [0.25, 0.3) is 0 Å². The Balaban J connectivity index is 1.86. The number of carboxylic acid groups (broad SMARTS) is 1. The summed E-state index contributed by atoms with van der Waals surface area (Å²) < 4.78 is 6.00. The van der Waals surface area contributed by atoms with Crippen molar-refractivity contribution in [2.24, 2.45) is 10.2 Å². The lowest BCUT2D eigenvalue weighted by molar-refractivity contribution is -0.132. The average Bonchev–Trinajstić information content (AvgIpc) is 2.90. The maximum absolute atomic E-state index is 11.6. The summed E-state index contributed by atoms with van der Waals surface area (Å²) in [6.45, 7) is 6.05. The molecule has 36 heavy (non-hydrogen) atoms. The quantitative estimate of drug-likeness (QED) is 0.0973. The third-order valence-corrected chi connectivity index (χ3v) is 6.36. The van der Waals surface area contributed by atoms with Crippen LogP contribution in [0.3, 0.4) is 0 Å². The van der Waals surface area contributed by atoms with Crippen molar-refractivity contribution in [2.45, 2.75) is 104 Å². The highest BCUT2D eigenvalue weighted by Crippen LogP contribution is 2.25. The lowest BCUT2D eigenvalue weighted by Gasteiger charge is -2.12. The second-order valence-electron chi connectivity index (χ2n) is 9.50. The topological polar surface area (TPSA) is 71.2 Å². The molecule has 0 saturated carbocycles. The van der Waals surface area contributed by atoms with Gasteiger partial charge < -0.3 is 9.84 Å². The number of hydrogen-bond donors (Lipinski definition) is 1. The molecular formula is C31H44N2O3. The van der Waals surface area contributed by atoms with Gasteiger partial charge in [-0.3, -0.25) is 0 Å². The number of carbonyl (C=O) groups is 1. The molecule has 2 aromatic rings. The van der Waals surface area contributed by atoms with E-state index in [1.807, 2.05) is 36.4 Å². The minimum absolute atomic E-state index is 0.265. The number of rotatable bonds is 18. The summed E-state index contributed by atoms with van der Waals surface area (Å²) in [4.78, 5) is 11.6. The van der Waals surface area contributed by atoms with E-state index in [0.29, 0.717) is 17.9 Å². The number of nitrogens with zero attached hydrogens (tertiary/aromatic N) is 2. The lowest BCUT2D eigenvalue weighted by Crippen LogP contribution is -2.06. The Morgan fingerprint density at radius 2 is 1.22 bits per heavy atom. The van der Waals surface area contributed by atoms with E-state index in [1.54, 1.807) is 6.92 Å². The van der Waals surface area contributed by atoms with E-state index in [1.165, 1.54) is 63.4 Å². The van der Waals surface area contributed by atoms with Gasteiger partial charge in [0.05, 0.1) is 16.9 Å². The van der Waals surface area contributed by atoms with E-state index >= 15 is 0 Å². The van der Waals surface area contributed by atoms with E-state index in [2.05, 4.69) is 36.2 Å². The number of aryl methyl sites for hydroxylation is 1. The van der Waals surface area contributed by atoms with Crippen molar-refractivity contribution >= 4 is 17.3 Å². The molecular weight excluding hydrogens is 448 g/mol. The van der Waals surface area contributed by atoms with Crippen LogP contribution in [0.2, 0.25) is 0 Å². The normalized spacial score (nSPS) is 12.1. The third-order valence-electron chi connectivity index (χ3n) is 6.36. The summed E-state index contributed by atoms with van der Waals surface area (Å²) in [6.07, 6.45) is 15.1. The summed E-state index contributed by atoms with van der Waals surface area (Å²) in [5.41, 5.74) is 3.12. The van der Waals surface area contributed by atoms with Gasteiger partial charge in [0.15, 0.2) is 0 Å². The second-order valence-corrected chi connectivity index (χ2v) is 9.50. The molecule has 0 aliphatic carbocycles. The van der Waals surface area contributed by atoms with Gasteiger partial charge in [-0.15, -0.1) is 0 Å². The number of carboxylic acids is 1. The van der Waals surface area contributed by atoms with Crippen molar-refractivity contribution in [3.63, 3.8) is 0 Å². The van der Waals surface area contributed by atoms with E-state index in [-0.39, 0.29) is 5.57 Å². The Hall–Kier alpha value is -2.95. The highest BCUT2D eigenvalue weighted by Gasteiger charge is 2.12. The fraction of sp³-hybridized carbons (Fsp3) is 0.516. The Morgan fingerprint density at radius 3 is 1.75 bits per heavy atom. The van der Waals surface area contributed by atoms with Crippen LogP contribution in [-0.2, 0) is 11.2 Å². The second kappa shape index (κ2) is 17.5. The molecule has 0 spiro atoms. The molecule has 0 atom stereocenters. The van der Waals surface area contributed by atoms with Gasteiger partial charge in [-0.05, 0) is 68.1 Å². The van der Waals surface area contributed by atoms with E-state index < -0.39 is 5.97 Å². The van der Waals surface area contributed by atoms with Crippen LogP contribution in [0.4, 0.5) is 11.4 Å². The molecule has 0 radical (unpaired) electrons. The summed E-state index contributed by atoms with van der Waals surface area (Å²) in [7, 11) is 0. The molecule has 0 saturated heterocycles. The number of allylic oxidation sites excluding steroid dienone is 1. The zero-order valence-corrected chi connectivity index (χ0v) is 22.5. The molecule has 0 aliphatic heterocycles. The number of hydrogen-bond acceptors (Lipinski definition) is 4. The van der Waals surface area contributed by atoms with E-state index in [0.717, 1.165) is 30.6 Å². The first-order valence-corrected chi connectivity index (χ1v) is 13.7. The fourth-order valence-corrected chi connectivity index (χ4v) is 3.98. The smallest absolute Gasteiger partial charge is 0.334 e. The van der Waals surface area contributed by atoms with Crippen molar-refractivity contribution in [3.8, 4) is 5.75 Å². The van der Waals surface area contributed by atoms with Crippen LogP contribution in [-0.4, -0.2) is 11.1 Å². The molecule has 1 N–H and O–H groups in total. The molecule has 196 valence electrons. The third kappa shape index (κ3) is 11.7. The van der Waals surface area contributed by atoms with E-state index in [4.69, 9.17) is 4.74 Å². The Labute approximate surface area is 217 Å². The molecule has 5 heteroatoms. The molecule has 0 amide bonds. The van der Waals surface area contributed by atoms with Crippen molar-refractivity contribution in [1.82, 2.24) is 0 Å². The Bertz CT molecular complexity index is 947. The Morgan fingerprint density at radius 1 is 0.722 bits per heavy atom. The molecule has 0 aromatic heterocycles. The Kier molecular flexibility index (Phi) is 14.2. The first kappa shape index (κ1) is 29.3. The van der Waals surface area contributed by atoms with Gasteiger partial charge in [0.1, 0.15) is 11.5 Å². The van der Waals surface area contributed by atoms with Gasteiger partial charge in [-0.25, -0.2) is 4.79 Å². The van der Waals surface area contributed by atoms with Gasteiger partial charge in [-0.1, -0.05) is 83.8 Å². The molecule has 5 nitrogen and oxygen atoms in total. The zero-order chi connectivity index (χ0) is 26.0. The number of benzene rings is 2. The van der Waals surface area contributed by atoms with Gasteiger partial charge in [0.25, 0.3) is 0 Å². The number of aliphatic carboxylic acids is 1. The van der Waals surface area contributed by atoms with Crippen molar-refractivity contribution in [3.05, 3.63) is 65.4 Å². The van der Waals surface area contributed by atoms with Crippen molar-refractivity contribution < 1.29 is 14.6 Å². The van der Waals surface area contributed by atoms with Crippen LogP contribution >= 0.6 is 0 Å². The highest BCUT2D eigenvalue weighted by atomic mass is 16.5. The maximum Gasteiger partial charge on any atom is 0.334 e. The van der Waals surface area contributed by atoms with Gasteiger partial charge in [0.2, 0.25) is 0 Å². The first-order valence-electron chi connectivity index (χ1n) is 13.7. The summed E-state index contributed by atoms with van der Waals surface area (Å²) in [6, 6.07) is 15.5. The molecule has 0 fully saturated rings. The molecule has 0 unspecified atom stereocenters. The number of ether oxygens (including phenoxy) is 1. The molecule has 0 bridgehead atoms. The fourth-order valence-electron chi connectivity index (χ4n) is 3.98. The van der Waals surface area contributed by atoms with Crippen LogP contribution in [0.15, 0.2) is 70.1 Å².